The standard InChI is InChI=1S/C19H21N5O5/c1-12-20-19(23-28-12)15-11-27-10-9-24(15)17(25)8-7-16-21-18(22-29-16)13-3-5-14(26-2)6-4-13/h3-6,15H,7-11H2,1-2H3. The number of benzene rings is 1. The predicted molar refractivity (Wildman–Crippen MR) is 98.9 cm³/mol. The van der Waals surface area contributed by atoms with Gasteiger partial charge in [-0.25, -0.2) is 0 Å². The van der Waals surface area contributed by atoms with E-state index in [2.05, 4.69) is 20.3 Å². The lowest BCUT2D eigenvalue weighted by atomic mass is 10.1. The zero-order valence-corrected chi connectivity index (χ0v) is 16.2. The van der Waals surface area contributed by atoms with Gasteiger partial charge in [0, 0.05) is 31.9 Å². The first-order valence-electron chi connectivity index (χ1n) is 9.28. The first kappa shape index (κ1) is 19.1. The lowest BCUT2D eigenvalue weighted by Crippen LogP contribution is -2.44. The maximum absolute atomic E-state index is 12.8. The molecule has 1 aliphatic rings. The molecule has 0 aliphatic carbocycles. The van der Waals surface area contributed by atoms with Gasteiger partial charge in [-0.2, -0.15) is 9.97 Å². The van der Waals surface area contributed by atoms with Gasteiger partial charge in [0.05, 0.1) is 20.3 Å². The van der Waals surface area contributed by atoms with Crippen LogP contribution in [0.4, 0.5) is 0 Å². The molecule has 1 unspecified atom stereocenters. The molecule has 4 rings (SSSR count). The highest BCUT2D eigenvalue weighted by molar-refractivity contribution is 5.77. The van der Waals surface area contributed by atoms with Crippen molar-refractivity contribution < 1.29 is 23.3 Å². The van der Waals surface area contributed by atoms with Crippen molar-refractivity contribution in [2.75, 3.05) is 26.9 Å². The van der Waals surface area contributed by atoms with Gasteiger partial charge in [-0.15, -0.1) is 0 Å². The van der Waals surface area contributed by atoms with E-state index in [1.54, 1.807) is 18.9 Å². The molecule has 0 saturated carbocycles. The lowest BCUT2D eigenvalue weighted by molar-refractivity contribution is -0.140. The minimum absolute atomic E-state index is 0.0510. The highest BCUT2D eigenvalue weighted by Crippen LogP contribution is 2.24. The number of hydrogen-bond donors (Lipinski definition) is 0. The normalized spacial score (nSPS) is 16.8. The topological polar surface area (TPSA) is 117 Å². The molecule has 10 heteroatoms. The second kappa shape index (κ2) is 8.39. The molecule has 0 spiro atoms. The zero-order chi connectivity index (χ0) is 20.2. The van der Waals surface area contributed by atoms with Crippen LogP contribution in [-0.4, -0.2) is 58.0 Å². The van der Waals surface area contributed by atoms with Crippen LogP contribution in [0.25, 0.3) is 11.4 Å². The maximum atomic E-state index is 12.8. The molecule has 2 aromatic heterocycles. The molecule has 1 atom stereocenters. The van der Waals surface area contributed by atoms with E-state index >= 15 is 0 Å². The van der Waals surface area contributed by atoms with Crippen LogP contribution in [0.5, 0.6) is 5.75 Å². The molecule has 0 radical (unpaired) electrons. The number of morpholine rings is 1. The summed E-state index contributed by atoms with van der Waals surface area (Å²) in [6.07, 6.45) is 0.578. The summed E-state index contributed by atoms with van der Waals surface area (Å²) in [5, 5.41) is 7.92. The molecule has 1 saturated heterocycles. The Bertz CT molecular complexity index is 968. The summed E-state index contributed by atoms with van der Waals surface area (Å²) in [4.78, 5) is 23.1. The number of hydrogen-bond acceptors (Lipinski definition) is 9. The quantitative estimate of drug-likeness (QED) is 0.613. The summed E-state index contributed by atoms with van der Waals surface area (Å²) in [6.45, 7) is 2.99. The molecule has 0 N–H and O–H groups in total. The highest BCUT2D eigenvalue weighted by Gasteiger charge is 2.32. The van der Waals surface area contributed by atoms with E-state index in [0.717, 1.165) is 11.3 Å². The van der Waals surface area contributed by atoms with Crippen molar-refractivity contribution in [3.8, 4) is 17.1 Å². The molecule has 10 nitrogen and oxygen atoms in total. The minimum Gasteiger partial charge on any atom is -0.497 e. The van der Waals surface area contributed by atoms with Crippen LogP contribution >= 0.6 is 0 Å². The van der Waals surface area contributed by atoms with E-state index in [4.69, 9.17) is 18.5 Å². The average Bonchev–Trinajstić information content (AvgIpc) is 3.41. The van der Waals surface area contributed by atoms with Crippen molar-refractivity contribution in [2.45, 2.75) is 25.8 Å². The molecule has 29 heavy (non-hydrogen) atoms. The molecule has 1 aromatic carbocycles. The van der Waals surface area contributed by atoms with Gasteiger partial charge < -0.3 is 23.4 Å². The Kier molecular flexibility index (Phi) is 5.52. The third-order valence-electron chi connectivity index (χ3n) is 4.66. The fourth-order valence-electron chi connectivity index (χ4n) is 3.14. The number of methoxy groups -OCH3 is 1. The Morgan fingerprint density at radius 3 is 2.76 bits per heavy atom. The summed E-state index contributed by atoms with van der Waals surface area (Å²) in [5.41, 5.74) is 0.813. The number of nitrogens with zero attached hydrogens (tertiary/aromatic N) is 5. The lowest BCUT2D eigenvalue weighted by Gasteiger charge is -2.33. The fraction of sp³-hybridized carbons (Fsp3) is 0.421. The SMILES string of the molecule is COc1ccc(-c2noc(CCC(=O)N3CCOCC3c3noc(C)n3)n2)cc1. The summed E-state index contributed by atoms with van der Waals surface area (Å²) < 4.78 is 21.0. The Morgan fingerprint density at radius 2 is 2.03 bits per heavy atom. The molecule has 1 aliphatic heterocycles. The Labute approximate surface area is 166 Å². The number of carbonyl (C=O) groups excluding carboxylic acids is 1. The van der Waals surface area contributed by atoms with Crippen molar-refractivity contribution in [1.29, 1.82) is 0 Å². The van der Waals surface area contributed by atoms with Gasteiger partial charge in [0.2, 0.25) is 23.5 Å². The molecule has 3 aromatic rings. The van der Waals surface area contributed by atoms with E-state index in [0.29, 0.717) is 49.6 Å². The summed E-state index contributed by atoms with van der Waals surface area (Å²) >= 11 is 0. The second-order valence-corrected chi connectivity index (χ2v) is 6.59. The van der Waals surface area contributed by atoms with Crippen LogP contribution < -0.4 is 4.74 Å². The maximum Gasteiger partial charge on any atom is 0.227 e. The number of ether oxygens (including phenoxy) is 2. The van der Waals surface area contributed by atoms with Crippen molar-refractivity contribution in [3.63, 3.8) is 0 Å². The van der Waals surface area contributed by atoms with Crippen LogP contribution in [0.1, 0.15) is 30.1 Å². The largest absolute Gasteiger partial charge is 0.497 e. The summed E-state index contributed by atoms with van der Waals surface area (Å²) in [5.74, 6) is 2.49. The minimum atomic E-state index is -0.355. The Morgan fingerprint density at radius 1 is 1.21 bits per heavy atom. The first-order chi connectivity index (χ1) is 14.1. The van der Waals surface area contributed by atoms with Gasteiger partial charge in [0.1, 0.15) is 11.8 Å². The average molecular weight is 399 g/mol. The number of aromatic nitrogens is 4. The van der Waals surface area contributed by atoms with E-state index < -0.39 is 0 Å². The first-order valence-corrected chi connectivity index (χ1v) is 9.28. The predicted octanol–water partition coefficient (Wildman–Crippen LogP) is 1.97. The van der Waals surface area contributed by atoms with E-state index in [9.17, 15) is 4.79 Å². The Balaban J connectivity index is 1.39. The summed E-state index contributed by atoms with van der Waals surface area (Å²) in [6, 6.07) is 7.00. The molecule has 0 bridgehead atoms. The monoisotopic (exact) mass is 399 g/mol. The van der Waals surface area contributed by atoms with Gasteiger partial charge in [0.15, 0.2) is 5.82 Å². The van der Waals surface area contributed by atoms with Gasteiger partial charge in [-0.05, 0) is 24.3 Å². The van der Waals surface area contributed by atoms with Crippen molar-refractivity contribution in [1.82, 2.24) is 25.2 Å². The number of carbonyl (C=O) groups is 1. The van der Waals surface area contributed by atoms with Gasteiger partial charge >= 0.3 is 0 Å². The number of aryl methyl sites for hydroxylation is 2. The molecule has 3 heterocycles. The zero-order valence-electron chi connectivity index (χ0n) is 16.2. The highest BCUT2D eigenvalue weighted by atomic mass is 16.5. The van der Waals surface area contributed by atoms with E-state index in [1.807, 2.05) is 24.3 Å². The van der Waals surface area contributed by atoms with E-state index in [1.165, 1.54) is 0 Å². The van der Waals surface area contributed by atoms with Gasteiger partial charge in [-0.1, -0.05) is 10.3 Å². The van der Waals surface area contributed by atoms with E-state index in [-0.39, 0.29) is 18.4 Å². The molecule has 152 valence electrons. The van der Waals surface area contributed by atoms with Crippen LogP contribution in [0.3, 0.4) is 0 Å². The van der Waals surface area contributed by atoms with Crippen molar-refractivity contribution in [2.24, 2.45) is 0 Å². The Hall–Kier alpha value is -3.27. The molecular formula is C19H21N5O5. The van der Waals surface area contributed by atoms with Crippen LogP contribution in [0.15, 0.2) is 33.3 Å². The number of amides is 1. The summed E-state index contributed by atoms with van der Waals surface area (Å²) in [7, 11) is 1.61. The second-order valence-electron chi connectivity index (χ2n) is 6.59. The van der Waals surface area contributed by atoms with Crippen LogP contribution in [0, 0.1) is 6.92 Å². The van der Waals surface area contributed by atoms with Crippen LogP contribution in [-0.2, 0) is 16.0 Å². The van der Waals surface area contributed by atoms with Gasteiger partial charge in [0.25, 0.3) is 0 Å². The third kappa shape index (κ3) is 4.27. The smallest absolute Gasteiger partial charge is 0.227 e. The number of rotatable bonds is 6. The molecule has 1 amide bonds. The fourth-order valence-corrected chi connectivity index (χ4v) is 3.14. The molecule has 1 fully saturated rings. The van der Waals surface area contributed by atoms with Crippen LogP contribution in [0.2, 0.25) is 0 Å². The molecular weight excluding hydrogens is 378 g/mol. The van der Waals surface area contributed by atoms with Crippen molar-refractivity contribution in [3.05, 3.63) is 41.9 Å². The third-order valence-corrected chi connectivity index (χ3v) is 4.66. The van der Waals surface area contributed by atoms with Crippen molar-refractivity contribution >= 4 is 5.91 Å². The van der Waals surface area contributed by atoms with Gasteiger partial charge in [-0.3, -0.25) is 4.79 Å².